The lowest BCUT2D eigenvalue weighted by Crippen LogP contribution is -2.45. The molecule has 0 radical (unpaired) electrons. The van der Waals surface area contributed by atoms with Crippen molar-refractivity contribution in [1.82, 2.24) is 10.3 Å². The van der Waals surface area contributed by atoms with Crippen LogP contribution in [0, 0.1) is 11.3 Å². The predicted molar refractivity (Wildman–Crippen MR) is 79.9 cm³/mol. The maximum absolute atomic E-state index is 9.43. The fourth-order valence-corrected chi connectivity index (χ4v) is 3.31. The first-order valence-corrected chi connectivity index (χ1v) is 7.66. The van der Waals surface area contributed by atoms with Crippen molar-refractivity contribution in [3.8, 4) is 6.07 Å². The molecule has 4 nitrogen and oxygen atoms in total. The van der Waals surface area contributed by atoms with Gasteiger partial charge in [0.05, 0.1) is 5.56 Å². The number of aromatic nitrogens is 1. The highest BCUT2D eigenvalue weighted by Gasteiger charge is 2.23. The number of nitriles is 1. The molecule has 106 valence electrons. The van der Waals surface area contributed by atoms with Gasteiger partial charge in [-0.3, -0.25) is 0 Å². The molecule has 1 aromatic rings. The Morgan fingerprint density at radius 2 is 2.20 bits per heavy atom. The summed E-state index contributed by atoms with van der Waals surface area (Å²) in [6, 6.07) is 4.86. The van der Waals surface area contributed by atoms with Gasteiger partial charge in [-0.25, -0.2) is 4.98 Å². The van der Waals surface area contributed by atoms with Crippen molar-refractivity contribution in [2.75, 3.05) is 25.0 Å². The van der Waals surface area contributed by atoms with Gasteiger partial charge in [-0.1, -0.05) is 0 Å². The summed E-state index contributed by atoms with van der Waals surface area (Å²) in [5.74, 6) is 0.877. The first-order valence-electron chi connectivity index (χ1n) is 7.66. The molecule has 1 atom stereocenters. The lowest BCUT2D eigenvalue weighted by molar-refractivity contribution is 0.443. The highest BCUT2D eigenvalue weighted by atomic mass is 15.2. The van der Waals surface area contributed by atoms with Crippen LogP contribution in [0.4, 0.5) is 5.82 Å². The molecule has 1 aliphatic carbocycles. The molecule has 1 saturated heterocycles. The van der Waals surface area contributed by atoms with Gasteiger partial charge in [-0.15, -0.1) is 0 Å². The first kappa shape index (κ1) is 13.4. The van der Waals surface area contributed by atoms with Crippen LogP contribution in [0.2, 0.25) is 0 Å². The minimum Gasteiger partial charge on any atom is -0.354 e. The number of nitrogens with zero attached hydrogens (tertiary/aromatic N) is 3. The first-order chi connectivity index (χ1) is 9.79. The average molecular weight is 270 g/mol. The second-order valence-corrected chi connectivity index (χ2v) is 5.90. The summed E-state index contributed by atoms with van der Waals surface area (Å²) >= 11 is 0. The Balaban J connectivity index is 1.93. The molecule has 0 spiro atoms. The van der Waals surface area contributed by atoms with Gasteiger partial charge < -0.3 is 10.2 Å². The van der Waals surface area contributed by atoms with Gasteiger partial charge in [0.2, 0.25) is 0 Å². The van der Waals surface area contributed by atoms with E-state index in [1.165, 1.54) is 36.9 Å². The zero-order valence-electron chi connectivity index (χ0n) is 12.2. The van der Waals surface area contributed by atoms with Crippen LogP contribution in [0.5, 0.6) is 0 Å². The summed E-state index contributed by atoms with van der Waals surface area (Å²) in [7, 11) is 2.08. The van der Waals surface area contributed by atoms with E-state index in [0.29, 0.717) is 6.04 Å². The molecule has 0 saturated carbocycles. The van der Waals surface area contributed by atoms with E-state index in [9.17, 15) is 5.26 Å². The average Bonchev–Trinajstić information content (AvgIpc) is 2.53. The van der Waals surface area contributed by atoms with Crippen LogP contribution in [-0.2, 0) is 12.8 Å². The number of rotatable bonds is 2. The molecule has 1 N–H and O–H groups in total. The molecule has 1 aromatic heterocycles. The SMILES string of the molecule is CN(c1nc2c(cc1C#N)CCCC2)C1CCCNC1. The van der Waals surface area contributed by atoms with Crippen molar-refractivity contribution in [3.63, 3.8) is 0 Å². The van der Waals surface area contributed by atoms with Gasteiger partial charge >= 0.3 is 0 Å². The monoisotopic (exact) mass is 270 g/mol. The van der Waals surface area contributed by atoms with Crippen LogP contribution in [0.15, 0.2) is 6.07 Å². The Hall–Kier alpha value is -1.60. The number of nitrogens with one attached hydrogen (secondary N) is 1. The Kier molecular flexibility index (Phi) is 3.88. The molecule has 2 heterocycles. The third-order valence-electron chi connectivity index (χ3n) is 4.55. The number of hydrogen-bond acceptors (Lipinski definition) is 4. The zero-order valence-corrected chi connectivity index (χ0v) is 12.2. The molecule has 1 unspecified atom stereocenters. The van der Waals surface area contributed by atoms with Gasteiger partial charge in [0, 0.05) is 25.3 Å². The van der Waals surface area contributed by atoms with Crippen LogP contribution in [-0.4, -0.2) is 31.2 Å². The number of likely N-dealkylation sites (N-methyl/N-ethyl adjacent to an activating group) is 1. The summed E-state index contributed by atoms with van der Waals surface area (Å²) < 4.78 is 0. The Bertz CT molecular complexity index is 526. The third kappa shape index (κ3) is 2.51. The van der Waals surface area contributed by atoms with E-state index >= 15 is 0 Å². The van der Waals surface area contributed by atoms with Gasteiger partial charge in [-0.2, -0.15) is 5.26 Å². The molecular formula is C16H22N4. The van der Waals surface area contributed by atoms with E-state index in [1.54, 1.807) is 0 Å². The van der Waals surface area contributed by atoms with E-state index < -0.39 is 0 Å². The Morgan fingerprint density at radius 3 is 2.95 bits per heavy atom. The Morgan fingerprint density at radius 1 is 1.35 bits per heavy atom. The zero-order chi connectivity index (χ0) is 13.9. The quantitative estimate of drug-likeness (QED) is 0.893. The smallest absolute Gasteiger partial charge is 0.146 e. The van der Waals surface area contributed by atoms with E-state index in [-0.39, 0.29) is 0 Å². The normalized spacial score (nSPS) is 21.9. The fourth-order valence-electron chi connectivity index (χ4n) is 3.31. The van der Waals surface area contributed by atoms with Gasteiger partial charge in [0.25, 0.3) is 0 Å². The maximum atomic E-state index is 9.43. The lowest BCUT2D eigenvalue weighted by atomic mass is 9.94. The van der Waals surface area contributed by atoms with Crippen LogP contribution in [0.3, 0.4) is 0 Å². The highest BCUT2D eigenvalue weighted by molar-refractivity contribution is 5.56. The van der Waals surface area contributed by atoms with E-state index in [1.807, 2.05) is 0 Å². The fraction of sp³-hybridized carbons (Fsp3) is 0.625. The topological polar surface area (TPSA) is 52.0 Å². The molecule has 3 rings (SSSR count). The predicted octanol–water partition coefficient (Wildman–Crippen LogP) is 2.02. The number of hydrogen-bond donors (Lipinski definition) is 1. The van der Waals surface area contributed by atoms with Gasteiger partial charge in [-0.05, 0) is 56.7 Å². The van der Waals surface area contributed by atoms with Gasteiger partial charge in [0.15, 0.2) is 0 Å². The summed E-state index contributed by atoms with van der Waals surface area (Å²) in [5.41, 5.74) is 3.23. The van der Waals surface area contributed by atoms with Crippen molar-refractivity contribution in [2.45, 2.75) is 44.6 Å². The van der Waals surface area contributed by atoms with Crippen molar-refractivity contribution in [2.24, 2.45) is 0 Å². The molecule has 1 aliphatic heterocycles. The lowest BCUT2D eigenvalue weighted by Gasteiger charge is -2.33. The standard InChI is InChI=1S/C16H22N4/c1-20(14-6-4-8-18-11-14)16-13(10-17)9-12-5-2-3-7-15(12)19-16/h9,14,18H,2-8,11H2,1H3. The summed E-state index contributed by atoms with van der Waals surface area (Å²) in [5, 5.41) is 12.9. The summed E-state index contributed by atoms with van der Waals surface area (Å²) in [6.45, 7) is 2.09. The number of anilines is 1. The number of fused-ring (bicyclic) bond motifs is 1. The van der Waals surface area contributed by atoms with Crippen molar-refractivity contribution < 1.29 is 0 Å². The largest absolute Gasteiger partial charge is 0.354 e. The van der Waals surface area contributed by atoms with Crippen LogP contribution in [0.1, 0.15) is 42.5 Å². The van der Waals surface area contributed by atoms with E-state index in [2.05, 4.69) is 29.4 Å². The summed E-state index contributed by atoms with van der Waals surface area (Å²) in [6.07, 6.45) is 6.95. The highest BCUT2D eigenvalue weighted by Crippen LogP contribution is 2.27. The number of aryl methyl sites for hydroxylation is 2. The van der Waals surface area contributed by atoms with Crippen molar-refractivity contribution in [1.29, 1.82) is 5.26 Å². The van der Waals surface area contributed by atoms with Crippen LogP contribution < -0.4 is 10.2 Å². The minimum atomic E-state index is 0.449. The molecule has 0 aromatic carbocycles. The second-order valence-electron chi connectivity index (χ2n) is 5.90. The summed E-state index contributed by atoms with van der Waals surface area (Å²) in [4.78, 5) is 7.04. The van der Waals surface area contributed by atoms with Crippen molar-refractivity contribution >= 4 is 5.82 Å². The van der Waals surface area contributed by atoms with Crippen molar-refractivity contribution in [3.05, 3.63) is 22.9 Å². The van der Waals surface area contributed by atoms with E-state index in [4.69, 9.17) is 4.98 Å². The number of pyridine rings is 1. The molecule has 4 heteroatoms. The molecule has 20 heavy (non-hydrogen) atoms. The van der Waals surface area contributed by atoms with E-state index in [0.717, 1.165) is 37.3 Å². The maximum Gasteiger partial charge on any atom is 0.146 e. The molecule has 1 fully saturated rings. The second kappa shape index (κ2) is 5.80. The Labute approximate surface area is 120 Å². The van der Waals surface area contributed by atoms with Crippen LogP contribution >= 0.6 is 0 Å². The molecular weight excluding hydrogens is 248 g/mol. The minimum absolute atomic E-state index is 0.449. The van der Waals surface area contributed by atoms with Crippen LogP contribution in [0.25, 0.3) is 0 Å². The molecule has 0 amide bonds. The third-order valence-corrected chi connectivity index (χ3v) is 4.55. The van der Waals surface area contributed by atoms with Gasteiger partial charge in [0.1, 0.15) is 11.9 Å². The molecule has 0 bridgehead atoms. The molecule has 2 aliphatic rings. The number of piperidine rings is 1.